The highest BCUT2D eigenvalue weighted by Gasteiger charge is 2.33. The second kappa shape index (κ2) is 13.2. The first-order valence-electron chi connectivity index (χ1n) is 12.7. The molecule has 0 saturated carbocycles. The maximum atomic E-state index is 14.5. The van der Waals surface area contributed by atoms with Crippen molar-refractivity contribution in [3.8, 4) is 12.1 Å². The van der Waals surface area contributed by atoms with Gasteiger partial charge in [0, 0.05) is 24.3 Å². The molecule has 2 atom stereocenters. The summed E-state index contributed by atoms with van der Waals surface area (Å²) in [5.74, 6) is 0. The van der Waals surface area contributed by atoms with Crippen molar-refractivity contribution in [3.63, 3.8) is 0 Å². The number of non-ortho nitro benzene ring substituents is 2. The Kier molecular flexibility index (Phi) is 9.21. The number of nitriles is 2. The molecule has 0 spiro atoms. The molecule has 10 nitrogen and oxygen atoms in total. The Morgan fingerprint density at radius 2 is 0.907 bits per heavy atom. The zero-order valence-corrected chi connectivity index (χ0v) is 23.2. The van der Waals surface area contributed by atoms with E-state index in [2.05, 4.69) is 0 Å². The molecule has 0 N–H and O–H groups in total. The molecule has 0 fully saturated rings. The van der Waals surface area contributed by atoms with E-state index >= 15 is 0 Å². The third kappa shape index (κ3) is 7.24. The molecule has 0 heterocycles. The van der Waals surface area contributed by atoms with Gasteiger partial charge in [0.15, 0.2) is 9.84 Å². The largest absolute Gasteiger partial charge is 0.269 e. The van der Waals surface area contributed by atoms with E-state index in [0.29, 0.717) is 33.4 Å². The molecule has 0 aliphatic heterocycles. The van der Waals surface area contributed by atoms with Crippen molar-refractivity contribution in [3.05, 3.63) is 163 Å². The van der Waals surface area contributed by atoms with Gasteiger partial charge in [0.1, 0.15) is 10.5 Å². The highest BCUT2D eigenvalue weighted by Crippen LogP contribution is 2.37. The summed E-state index contributed by atoms with van der Waals surface area (Å²) in [5.41, 5.74) is 2.34. The Morgan fingerprint density at radius 3 is 1.19 bits per heavy atom. The van der Waals surface area contributed by atoms with Gasteiger partial charge in [-0.2, -0.15) is 10.5 Å². The first-order valence-corrected chi connectivity index (χ1v) is 14.3. The van der Waals surface area contributed by atoms with Crippen LogP contribution in [0.15, 0.2) is 109 Å². The van der Waals surface area contributed by atoms with E-state index in [4.69, 9.17) is 0 Å². The quantitative estimate of drug-likeness (QED) is 0.142. The Labute approximate surface area is 247 Å². The highest BCUT2D eigenvalue weighted by molar-refractivity contribution is 7.92. The molecule has 0 aromatic heterocycles. The lowest BCUT2D eigenvalue weighted by Crippen LogP contribution is -2.19. The average molecular weight is 591 g/mol. The number of benzene rings is 4. The summed E-state index contributed by atoms with van der Waals surface area (Å²) >= 11 is 0. The van der Waals surface area contributed by atoms with Crippen molar-refractivity contribution in [2.75, 3.05) is 0 Å². The fraction of sp³-hybridized carbons (Fsp3) is 0.0625. The summed E-state index contributed by atoms with van der Waals surface area (Å²) in [7, 11) is -4.15. The van der Waals surface area contributed by atoms with Gasteiger partial charge in [0.25, 0.3) is 11.4 Å². The van der Waals surface area contributed by atoms with E-state index < -0.39 is 30.2 Å². The van der Waals surface area contributed by atoms with Crippen LogP contribution in [0.5, 0.6) is 0 Å². The predicted molar refractivity (Wildman–Crippen MR) is 161 cm³/mol. The number of sulfone groups is 1. The number of nitro benzene ring substituents is 2. The number of hydrogen-bond donors (Lipinski definition) is 0. The summed E-state index contributed by atoms with van der Waals surface area (Å²) in [6.45, 7) is 0. The van der Waals surface area contributed by atoms with Gasteiger partial charge in [-0.25, -0.2) is 8.42 Å². The minimum Gasteiger partial charge on any atom is -0.258 e. The van der Waals surface area contributed by atoms with Crippen molar-refractivity contribution in [1.29, 1.82) is 10.5 Å². The standard InChI is InChI=1S/C32H22N4O6S/c33-21-25-1-11-27(12-2-25)31(19-9-23-5-15-29(16-6-23)35(37)38)43(41,42)32(28-13-3-26(22-34)4-14-28)20-10-24-7-17-30(18-8-24)36(39)40/h1-20,31-32H/b19-9+,20-10+. The molecule has 0 radical (unpaired) electrons. The van der Waals surface area contributed by atoms with Crippen LogP contribution in [0.25, 0.3) is 12.2 Å². The summed E-state index contributed by atoms with van der Waals surface area (Å²) in [6, 6.07) is 27.6. The molecule has 43 heavy (non-hydrogen) atoms. The van der Waals surface area contributed by atoms with Crippen LogP contribution in [0.1, 0.15) is 43.9 Å². The second-order valence-corrected chi connectivity index (χ2v) is 11.5. The molecule has 11 heteroatoms. The fourth-order valence-electron chi connectivity index (χ4n) is 4.28. The van der Waals surface area contributed by atoms with Gasteiger partial charge in [0.05, 0.1) is 33.1 Å². The Balaban J connectivity index is 1.82. The van der Waals surface area contributed by atoms with Crippen molar-refractivity contribution >= 4 is 33.4 Å². The van der Waals surface area contributed by atoms with E-state index in [1.165, 1.54) is 84.9 Å². The fourth-order valence-corrected chi connectivity index (χ4v) is 6.27. The molecule has 0 aliphatic rings. The number of hydrogen-bond acceptors (Lipinski definition) is 8. The molecular formula is C32H22N4O6S. The number of nitro groups is 2. The third-order valence-corrected chi connectivity index (χ3v) is 8.85. The van der Waals surface area contributed by atoms with Crippen LogP contribution in [0, 0.1) is 42.9 Å². The van der Waals surface area contributed by atoms with Gasteiger partial charge < -0.3 is 0 Å². The molecule has 4 aromatic carbocycles. The Hall–Kier alpha value is -5.91. The van der Waals surface area contributed by atoms with E-state index in [0.717, 1.165) is 0 Å². The number of rotatable bonds is 10. The second-order valence-electron chi connectivity index (χ2n) is 9.31. The van der Waals surface area contributed by atoms with Crippen molar-refractivity contribution < 1.29 is 18.3 Å². The maximum absolute atomic E-state index is 14.5. The predicted octanol–water partition coefficient (Wildman–Crippen LogP) is 6.87. The minimum absolute atomic E-state index is 0.106. The van der Waals surface area contributed by atoms with Crippen LogP contribution >= 0.6 is 0 Å². The zero-order chi connectivity index (χ0) is 31.0. The maximum Gasteiger partial charge on any atom is 0.269 e. The molecule has 4 aromatic rings. The normalized spacial score (nSPS) is 12.8. The van der Waals surface area contributed by atoms with Gasteiger partial charge in [-0.05, 0) is 70.8 Å². The molecular weight excluding hydrogens is 568 g/mol. The van der Waals surface area contributed by atoms with Crippen LogP contribution in [-0.4, -0.2) is 18.3 Å². The zero-order valence-electron chi connectivity index (χ0n) is 22.3. The van der Waals surface area contributed by atoms with Gasteiger partial charge in [-0.3, -0.25) is 20.2 Å². The summed E-state index contributed by atoms with van der Waals surface area (Å²) in [4.78, 5) is 21.0. The lowest BCUT2D eigenvalue weighted by molar-refractivity contribution is -0.385. The first kappa shape index (κ1) is 30.1. The molecule has 0 saturated heterocycles. The van der Waals surface area contributed by atoms with E-state index in [1.807, 2.05) is 12.1 Å². The van der Waals surface area contributed by atoms with Crippen molar-refractivity contribution in [2.45, 2.75) is 10.5 Å². The van der Waals surface area contributed by atoms with Crippen LogP contribution in [0.2, 0.25) is 0 Å². The molecule has 2 unspecified atom stereocenters. The highest BCUT2D eigenvalue weighted by atomic mass is 32.2. The van der Waals surface area contributed by atoms with Gasteiger partial charge in [0.2, 0.25) is 0 Å². The smallest absolute Gasteiger partial charge is 0.258 e. The van der Waals surface area contributed by atoms with Gasteiger partial charge >= 0.3 is 0 Å². The topological polar surface area (TPSA) is 168 Å². The molecule has 4 rings (SSSR count). The van der Waals surface area contributed by atoms with Crippen LogP contribution in [0.3, 0.4) is 0 Å². The summed E-state index contributed by atoms with van der Waals surface area (Å²) in [5, 5.41) is 38.1. The van der Waals surface area contributed by atoms with Crippen LogP contribution < -0.4 is 0 Å². The lowest BCUT2D eigenvalue weighted by Gasteiger charge is -2.22. The van der Waals surface area contributed by atoms with Crippen LogP contribution in [-0.2, 0) is 9.84 Å². The van der Waals surface area contributed by atoms with E-state index in [1.54, 1.807) is 36.4 Å². The molecule has 212 valence electrons. The molecule has 0 amide bonds. The van der Waals surface area contributed by atoms with Crippen molar-refractivity contribution in [1.82, 2.24) is 0 Å². The third-order valence-electron chi connectivity index (χ3n) is 6.58. The van der Waals surface area contributed by atoms with Crippen LogP contribution in [0.4, 0.5) is 11.4 Å². The van der Waals surface area contributed by atoms with E-state index in [-0.39, 0.29) is 11.4 Å². The minimum atomic E-state index is -4.15. The van der Waals surface area contributed by atoms with E-state index in [9.17, 15) is 39.2 Å². The lowest BCUT2D eigenvalue weighted by atomic mass is 10.1. The van der Waals surface area contributed by atoms with Gasteiger partial charge in [-0.1, -0.05) is 48.6 Å². The number of nitrogens with zero attached hydrogens (tertiary/aromatic N) is 4. The van der Waals surface area contributed by atoms with Gasteiger partial charge in [-0.15, -0.1) is 0 Å². The summed E-state index contributed by atoms with van der Waals surface area (Å²) in [6.07, 6.45) is 6.07. The SMILES string of the molecule is N#Cc1ccc(C(/C=C/c2ccc([N+](=O)[O-])cc2)S(=O)(=O)C(/C=C/c2ccc([N+](=O)[O-])cc2)c2ccc(C#N)cc2)cc1. The Bertz CT molecular complexity index is 1750. The first-order chi connectivity index (χ1) is 20.6. The molecule has 0 aliphatic carbocycles. The average Bonchev–Trinajstić information content (AvgIpc) is 3.02. The van der Waals surface area contributed by atoms with Crippen molar-refractivity contribution in [2.24, 2.45) is 0 Å². The Morgan fingerprint density at radius 1 is 0.581 bits per heavy atom. The summed E-state index contributed by atoms with van der Waals surface area (Å²) < 4.78 is 28.9. The molecule has 0 bridgehead atoms. The monoisotopic (exact) mass is 590 g/mol.